The molecule has 1 heterocycles. The van der Waals surface area contributed by atoms with Gasteiger partial charge in [0.1, 0.15) is 5.75 Å². The minimum Gasteiger partial charge on any atom is -0.495 e. The van der Waals surface area contributed by atoms with Crippen LogP contribution in [0.2, 0.25) is 5.02 Å². The largest absolute Gasteiger partial charge is 0.495 e. The summed E-state index contributed by atoms with van der Waals surface area (Å²) in [4.78, 5) is 12.6. The SMILES string of the molecule is COc1ccc(NC(=O)C2=C(C)c3cc(OC)c(OC)cc3N(C)S2(=O)=O)cc1Cl. The van der Waals surface area contributed by atoms with E-state index < -0.39 is 15.9 Å². The molecule has 0 radical (unpaired) electrons. The van der Waals surface area contributed by atoms with E-state index in [1.807, 2.05) is 0 Å². The molecule has 0 fully saturated rings. The number of hydrogen-bond donors (Lipinski definition) is 1. The highest BCUT2D eigenvalue weighted by molar-refractivity contribution is 7.97. The Morgan fingerprint density at radius 3 is 2.17 bits per heavy atom. The second kappa shape index (κ2) is 8.08. The zero-order valence-electron chi connectivity index (χ0n) is 17.1. The number of sulfonamides is 1. The Morgan fingerprint density at radius 2 is 1.60 bits per heavy atom. The van der Waals surface area contributed by atoms with E-state index >= 15 is 0 Å². The van der Waals surface area contributed by atoms with Gasteiger partial charge in [0.2, 0.25) is 0 Å². The highest BCUT2D eigenvalue weighted by Crippen LogP contribution is 2.44. The van der Waals surface area contributed by atoms with Crippen molar-refractivity contribution in [2.24, 2.45) is 0 Å². The number of methoxy groups -OCH3 is 3. The molecule has 1 aliphatic heterocycles. The number of amides is 1. The molecule has 0 aromatic heterocycles. The molecule has 2 aromatic carbocycles. The van der Waals surface area contributed by atoms with Crippen molar-refractivity contribution >= 4 is 44.5 Å². The summed E-state index contributed by atoms with van der Waals surface area (Å²) in [6, 6.07) is 7.83. The Morgan fingerprint density at radius 1 is 1.00 bits per heavy atom. The Hall–Kier alpha value is -2.91. The predicted molar refractivity (Wildman–Crippen MR) is 116 cm³/mol. The molecule has 30 heavy (non-hydrogen) atoms. The van der Waals surface area contributed by atoms with Gasteiger partial charge in [-0.25, -0.2) is 8.42 Å². The van der Waals surface area contributed by atoms with Crippen molar-refractivity contribution in [1.29, 1.82) is 0 Å². The third-order valence-corrected chi connectivity index (χ3v) is 7.04. The van der Waals surface area contributed by atoms with Crippen molar-refractivity contribution in [3.63, 3.8) is 0 Å². The zero-order valence-corrected chi connectivity index (χ0v) is 18.6. The number of hydrogen-bond acceptors (Lipinski definition) is 6. The van der Waals surface area contributed by atoms with Gasteiger partial charge >= 0.3 is 0 Å². The number of rotatable bonds is 5. The lowest BCUT2D eigenvalue weighted by Crippen LogP contribution is -2.36. The maximum atomic E-state index is 13.1. The normalized spacial score (nSPS) is 14.8. The van der Waals surface area contributed by atoms with E-state index in [9.17, 15) is 13.2 Å². The highest BCUT2D eigenvalue weighted by atomic mass is 35.5. The van der Waals surface area contributed by atoms with Crippen LogP contribution in [0, 0.1) is 0 Å². The van der Waals surface area contributed by atoms with Crippen molar-refractivity contribution in [3.8, 4) is 17.2 Å². The van der Waals surface area contributed by atoms with Gasteiger partial charge in [0.05, 0.1) is 32.0 Å². The van der Waals surface area contributed by atoms with Gasteiger partial charge in [0, 0.05) is 24.4 Å². The first-order valence-corrected chi connectivity index (χ1v) is 10.6. The molecule has 0 aliphatic carbocycles. The van der Waals surface area contributed by atoms with E-state index in [2.05, 4.69) is 5.32 Å². The highest BCUT2D eigenvalue weighted by Gasteiger charge is 2.38. The maximum Gasteiger partial charge on any atom is 0.269 e. The lowest BCUT2D eigenvalue weighted by atomic mass is 10.0. The molecule has 1 N–H and O–H groups in total. The molecule has 10 heteroatoms. The second-order valence-electron chi connectivity index (χ2n) is 6.45. The van der Waals surface area contributed by atoms with Crippen molar-refractivity contribution in [2.75, 3.05) is 38.0 Å². The van der Waals surface area contributed by atoms with Crippen molar-refractivity contribution in [1.82, 2.24) is 0 Å². The summed E-state index contributed by atoms with van der Waals surface area (Å²) in [5, 5.41) is 2.88. The smallest absolute Gasteiger partial charge is 0.269 e. The van der Waals surface area contributed by atoms with Crippen LogP contribution in [-0.2, 0) is 14.8 Å². The first kappa shape index (κ1) is 21.8. The molecule has 1 aliphatic rings. The van der Waals surface area contributed by atoms with Crippen LogP contribution in [0.25, 0.3) is 5.57 Å². The van der Waals surface area contributed by atoms with Crippen LogP contribution < -0.4 is 23.8 Å². The number of carbonyl (C=O) groups excluding carboxylic acids is 1. The van der Waals surface area contributed by atoms with Gasteiger partial charge in [-0.05, 0) is 36.8 Å². The molecular weight excluding hydrogens is 432 g/mol. The molecule has 0 spiro atoms. The fraction of sp³-hybridized carbons (Fsp3) is 0.250. The second-order valence-corrected chi connectivity index (χ2v) is 8.77. The topological polar surface area (TPSA) is 94.2 Å². The monoisotopic (exact) mass is 452 g/mol. The number of fused-ring (bicyclic) bond motifs is 1. The van der Waals surface area contributed by atoms with Gasteiger partial charge in [-0.2, -0.15) is 0 Å². The van der Waals surface area contributed by atoms with Gasteiger partial charge in [-0.1, -0.05) is 11.6 Å². The zero-order chi connectivity index (χ0) is 22.2. The number of carbonyl (C=O) groups is 1. The molecule has 0 bridgehead atoms. The van der Waals surface area contributed by atoms with Crippen LogP contribution in [0.3, 0.4) is 0 Å². The summed E-state index contributed by atoms with van der Waals surface area (Å²) in [7, 11) is 1.69. The maximum absolute atomic E-state index is 13.1. The van der Waals surface area contributed by atoms with Gasteiger partial charge in [-0.3, -0.25) is 9.10 Å². The van der Waals surface area contributed by atoms with E-state index in [1.165, 1.54) is 34.4 Å². The van der Waals surface area contributed by atoms with Gasteiger partial charge in [0.15, 0.2) is 16.4 Å². The van der Waals surface area contributed by atoms with Crippen LogP contribution in [-0.4, -0.2) is 42.7 Å². The fourth-order valence-electron chi connectivity index (χ4n) is 3.23. The standard InChI is InChI=1S/C20H21ClN2O6S/c1-11-13-9-17(28-4)18(29-5)10-15(13)23(2)30(25,26)19(11)20(24)22-12-6-7-16(27-3)14(21)8-12/h6-10H,1-5H3,(H,22,24). The summed E-state index contributed by atoms with van der Waals surface area (Å²) in [6.45, 7) is 1.57. The molecule has 2 aromatic rings. The van der Waals surface area contributed by atoms with Gasteiger partial charge in [-0.15, -0.1) is 0 Å². The minimum atomic E-state index is -4.10. The number of nitrogens with zero attached hydrogens (tertiary/aromatic N) is 1. The van der Waals surface area contributed by atoms with Crippen molar-refractivity contribution < 1.29 is 27.4 Å². The average Bonchev–Trinajstić information content (AvgIpc) is 2.71. The molecule has 1 amide bonds. The number of ether oxygens (including phenoxy) is 3. The van der Waals surface area contributed by atoms with E-state index in [1.54, 1.807) is 31.2 Å². The molecule has 0 saturated carbocycles. The molecule has 0 saturated heterocycles. The molecule has 8 nitrogen and oxygen atoms in total. The van der Waals surface area contributed by atoms with Crippen LogP contribution in [0.1, 0.15) is 12.5 Å². The van der Waals surface area contributed by atoms with Crippen molar-refractivity contribution in [3.05, 3.63) is 45.8 Å². The van der Waals surface area contributed by atoms with E-state index in [0.717, 1.165) is 4.31 Å². The minimum absolute atomic E-state index is 0.284. The van der Waals surface area contributed by atoms with Crippen LogP contribution in [0.5, 0.6) is 17.2 Å². The Balaban J connectivity index is 2.11. The summed E-state index contributed by atoms with van der Waals surface area (Å²) < 4.78 is 43.0. The van der Waals surface area contributed by atoms with E-state index in [0.29, 0.717) is 39.8 Å². The number of halogens is 1. The van der Waals surface area contributed by atoms with Crippen molar-refractivity contribution in [2.45, 2.75) is 6.92 Å². The molecule has 160 valence electrons. The molecule has 0 atom stereocenters. The first-order valence-electron chi connectivity index (χ1n) is 8.76. The third-order valence-electron chi connectivity index (χ3n) is 4.82. The predicted octanol–water partition coefficient (Wildman–Crippen LogP) is 3.52. The Labute approximate surface area is 180 Å². The van der Waals surface area contributed by atoms with Crippen LogP contribution in [0.15, 0.2) is 35.2 Å². The number of nitrogens with one attached hydrogen (secondary N) is 1. The number of benzene rings is 2. The number of anilines is 2. The molecule has 0 unspecified atom stereocenters. The summed E-state index contributed by atoms with van der Waals surface area (Å²) in [6.07, 6.45) is 0. The van der Waals surface area contributed by atoms with Crippen LogP contribution >= 0.6 is 11.6 Å². The van der Waals surface area contributed by atoms with Gasteiger partial charge < -0.3 is 19.5 Å². The van der Waals surface area contributed by atoms with Crippen LogP contribution in [0.4, 0.5) is 11.4 Å². The number of allylic oxidation sites excluding steroid dienone is 1. The lowest BCUT2D eigenvalue weighted by molar-refractivity contribution is -0.112. The van der Waals surface area contributed by atoms with E-state index in [4.69, 9.17) is 25.8 Å². The lowest BCUT2D eigenvalue weighted by Gasteiger charge is -2.30. The molecular formula is C20H21ClN2O6S. The first-order chi connectivity index (χ1) is 14.1. The quantitative estimate of drug-likeness (QED) is 0.746. The fourth-order valence-corrected chi connectivity index (χ4v) is 4.95. The average molecular weight is 453 g/mol. The Kier molecular flexibility index (Phi) is 5.87. The Bertz CT molecular complexity index is 1160. The summed E-state index contributed by atoms with van der Waals surface area (Å²) in [5.41, 5.74) is 1.56. The summed E-state index contributed by atoms with van der Waals surface area (Å²) >= 11 is 6.09. The molecule has 3 rings (SSSR count). The van der Waals surface area contributed by atoms with E-state index in [-0.39, 0.29) is 9.93 Å². The summed E-state index contributed by atoms with van der Waals surface area (Å²) in [5.74, 6) is 0.461. The van der Waals surface area contributed by atoms with Gasteiger partial charge in [0.25, 0.3) is 15.9 Å². The third kappa shape index (κ3) is 3.54.